The van der Waals surface area contributed by atoms with Crippen molar-refractivity contribution in [2.24, 2.45) is 0 Å². The van der Waals surface area contributed by atoms with Crippen molar-refractivity contribution in [1.29, 1.82) is 0 Å². The van der Waals surface area contributed by atoms with Crippen LogP contribution >= 0.6 is 11.3 Å². The molecule has 0 aliphatic rings. The number of thiophene rings is 1. The topological polar surface area (TPSA) is 27.7 Å². The van der Waals surface area contributed by atoms with E-state index in [1.54, 1.807) is 0 Å². The van der Waals surface area contributed by atoms with Gasteiger partial charge in [-0.1, -0.05) is 46.1 Å². The van der Waals surface area contributed by atoms with Gasteiger partial charge < -0.3 is 13.3 Å². The summed E-state index contributed by atoms with van der Waals surface area (Å²) in [5.41, 5.74) is 0. The number of rotatable bonds is 16. The van der Waals surface area contributed by atoms with Crippen molar-refractivity contribution in [2.75, 3.05) is 19.8 Å². The largest absolute Gasteiger partial charge is 0.500 e. The molecule has 1 aromatic rings. The zero-order valence-electron chi connectivity index (χ0n) is 15.9. The minimum Gasteiger partial charge on any atom is -0.373 e. The lowest BCUT2D eigenvalue weighted by atomic mass is 10.3. The Morgan fingerprint density at radius 3 is 1.79 bits per heavy atom. The highest BCUT2D eigenvalue weighted by Crippen LogP contribution is 2.22. The monoisotopic (exact) mass is 372 g/mol. The molecule has 0 unspecified atom stereocenters. The molecule has 0 aromatic carbocycles. The van der Waals surface area contributed by atoms with Crippen LogP contribution in [0.1, 0.15) is 70.6 Å². The lowest BCUT2D eigenvalue weighted by molar-refractivity contribution is 0.0559. The first-order valence-electron chi connectivity index (χ1n) is 9.70. The molecule has 1 rings (SSSR count). The van der Waals surface area contributed by atoms with Crippen LogP contribution in [0.15, 0.2) is 17.5 Å². The van der Waals surface area contributed by atoms with Crippen LogP contribution in [0.3, 0.4) is 0 Å². The smallest absolute Gasteiger partial charge is 0.373 e. The second-order valence-electron chi connectivity index (χ2n) is 6.22. The van der Waals surface area contributed by atoms with E-state index < -0.39 is 8.80 Å². The van der Waals surface area contributed by atoms with Gasteiger partial charge in [-0.05, 0) is 43.6 Å². The first-order valence-corrected chi connectivity index (χ1v) is 12.5. The van der Waals surface area contributed by atoms with Crippen molar-refractivity contribution in [3.8, 4) is 0 Å². The SMILES string of the molecule is CCCCO[Si](CCCc1cccs1)(OCCCC)OCCCC. The third kappa shape index (κ3) is 9.32. The van der Waals surface area contributed by atoms with Crippen LogP contribution in [0, 0.1) is 0 Å². The van der Waals surface area contributed by atoms with Crippen LogP contribution in [0.25, 0.3) is 0 Å². The summed E-state index contributed by atoms with van der Waals surface area (Å²) in [5, 5.41) is 2.15. The zero-order valence-corrected chi connectivity index (χ0v) is 17.7. The fourth-order valence-corrected chi connectivity index (χ4v) is 5.80. The van der Waals surface area contributed by atoms with Gasteiger partial charge in [0.2, 0.25) is 0 Å². The minimum absolute atomic E-state index is 0.764. The molecule has 0 fully saturated rings. The molecule has 5 heteroatoms. The van der Waals surface area contributed by atoms with Gasteiger partial charge in [0.25, 0.3) is 0 Å². The molecule has 0 saturated carbocycles. The first-order chi connectivity index (χ1) is 11.8. The lowest BCUT2D eigenvalue weighted by Gasteiger charge is -2.30. The molecule has 24 heavy (non-hydrogen) atoms. The van der Waals surface area contributed by atoms with E-state index in [0.717, 1.165) is 77.2 Å². The maximum Gasteiger partial charge on any atom is 0.500 e. The summed E-state index contributed by atoms with van der Waals surface area (Å²) in [4.78, 5) is 1.44. The van der Waals surface area contributed by atoms with E-state index in [0.29, 0.717) is 0 Å². The van der Waals surface area contributed by atoms with Crippen molar-refractivity contribution in [3.05, 3.63) is 22.4 Å². The fourth-order valence-electron chi connectivity index (χ4n) is 2.39. The Morgan fingerprint density at radius 2 is 1.38 bits per heavy atom. The van der Waals surface area contributed by atoms with E-state index in [1.165, 1.54) is 4.88 Å². The predicted molar refractivity (Wildman–Crippen MR) is 106 cm³/mol. The van der Waals surface area contributed by atoms with Gasteiger partial charge in [-0.15, -0.1) is 11.3 Å². The number of hydrogen-bond donors (Lipinski definition) is 0. The lowest BCUT2D eigenvalue weighted by Crippen LogP contribution is -2.46. The van der Waals surface area contributed by atoms with Crippen molar-refractivity contribution in [3.63, 3.8) is 0 Å². The highest BCUT2D eigenvalue weighted by Gasteiger charge is 2.40. The van der Waals surface area contributed by atoms with Crippen LogP contribution in [-0.4, -0.2) is 28.6 Å². The Bertz CT molecular complexity index is 357. The quantitative estimate of drug-likeness (QED) is 0.260. The highest BCUT2D eigenvalue weighted by molar-refractivity contribution is 7.09. The Kier molecular flexibility index (Phi) is 12.8. The van der Waals surface area contributed by atoms with Crippen molar-refractivity contribution in [1.82, 2.24) is 0 Å². The fraction of sp³-hybridized carbons (Fsp3) is 0.789. The Labute approximate surface area is 154 Å². The summed E-state index contributed by atoms with van der Waals surface area (Å²) < 4.78 is 18.8. The Morgan fingerprint density at radius 1 is 0.833 bits per heavy atom. The molecule has 0 aliphatic heterocycles. The molecule has 0 amide bonds. The summed E-state index contributed by atoms with van der Waals surface area (Å²) in [6.45, 7) is 8.87. The minimum atomic E-state index is -2.54. The van der Waals surface area contributed by atoms with E-state index in [2.05, 4.69) is 38.3 Å². The van der Waals surface area contributed by atoms with Crippen molar-refractivity contribution in [2.45, 2.75) is 78.2 Å². The molecule has 0 aliphatic carbocycles. The van der Waals surface area contributed by atoms with Gasteiger partial charge in [-0.2, -0.15) is 0 Å². The van der Waals surface area contributed by atoms with Gasteiger partial charge in [0.1, 0.15) is 0 Å². The molecular formula is C19H36O3SSi. The maximum atomic E-state index is 6.28. The third-order valence-corrected chi connectivity index (χ3v) is 7.78. The van der Waals surface area contributed by atoms with Crippen LogP contribution in [0.5, 0.6) is 0 Å². The molecule has 0 saturated heterocycles. The van der Waals surface area contributed by atoms with Gasteiger partial charge in [-0.3, -0.25) is 0 Å². The molecule has 0 spiro atoms. The molecule has 1 aromatic heterocycles. The summed E-state index contributed by atoms with van der Waals surface area (Å²) in [7, 11) is -2.54. The van der Waals surface area contributed by atoms with E-state index in [-0.39, 0.29) is 0 Å². The predicted octanol–water partition coefficient (Wildman–Crippen LogP) is 6.07. The first kappa shape index (κ1) is 21.8. The van der Waals surface area contributed by atoms with E-state index in [1.807, 2.05) is 11.3 Å². The summed E-state index contributed by atoms with van der Waals surface area (Å²) in [6, 6.07) is 5.27. The van der Waals surface area contributed by atoms with Gasteiger partial charge >= 0.3 is 8.80 Å². The molecular weight excluding hydrogens is 336 g/mol. The molecule has 0 atom stereocenters. The summed E-state index contributed by atoms with van der Waals surface area (Å²) >= 11 is 1.83. The average molecular weight is 373 g/mol. The van der Waals surface area contributed by atoms with Gasteiger partial charge in [0.05, 0.1) is 0 Å². The summed E-state index contributed by atoms with van der Waals surface area (Å²) in [6.07, 6.45) is 8.83. The molecule has 3 nitrogen and oxygen atoms in total. The van der Waals surface area contributed by atoms with Crippen molar-refractivity contribution < 1.29 is 13.3 Å². The van der Waals surface area contributed by atoms with Crippen LogP contribution in [-0.2, 0) is 19.7 Å². The molecule has 0 N–H and O–H groups in total. The number of hydrogen-bond acceptors (Lipinski definition) is 4. The Balaban J connectivity index is 2.60. The van der Waals surface area contributed by atoms with Crippen LogP contribution < -0.4 is 0 Å². The molecule has 0 bridgehead atoms. The Hall–Kier alpha value is -0.203. The third-order valence-electron chi connectivity index (χ3n) is 3.95. The highest BCUT2D eigenvalue weighted by atomic mass is 32.1. The molecule has 0 radical (unpaired) electrons. The van der Waals surface area contributed by atoms with Gasteiger partial charge in [-0.25, -0.2) is 0 Å². The standard InChI is InChI=1S/C19H36O3SSi/c1-4-7-14-20-24(21-15-8-5-2,22-16-9-6-3)18-11-13-19-12-10-17-23-19/h10,12,17H,4-9,11,13-16,18H2,1-3H3. The summed E-state index contributed by atoms with van der Waals surface area (Å²) in [5.74, 6) is 0. The van der Waals surface area contributed by atoms with Crippen LogP contribution in [0.2, 0.25) is 6.04 Å². The van der Waals surface area contributed by atoms with Gasteiger partial charge in [0, 0.05) is 30.7 Å². The number of aryl methyl sites for hydroxylation is 1. The van der Waals surface area contributed by atoms with Crippen LogP contribution in [0.4, 0.5) is 0 Å². The van der Waals surface area contributed by atoms with E-state index >= 15 is 0 Å². The van der Waals surface area contributed by atoms with E-state index in [4.69, 9.17) is 13.3 Å². The van der Waals surface area contributed by atoms with Crippen molar-refractivity contribution >= 4 is 20.1 Å². The number of unbranched alkanes of at least 4 members (excludes halogenated alkanes) is 3. The average Bonchev–Trinajstić information content (AvgIpc) is 3.09. The van der Waals surface area contributed by atoms with Gasteiger partial charge in [0.15, 0.2) is 0 Å². The maximum absolute atomic E-state index is 6.28. The van der Waals surface area contributed by atoms with E-state index in [9.17, 15) is 0 Å². The zero-order chi connectivity index (χ0) is 17.5. The molecule has 140 valence electrons. The second-order valence-corrected chi connectivity index (χ2v) is 9.99. The normalized spacial score (nSPS) is 12.0. The molecule has 1 heterocycles. The second kappa shape index (κ2) is 14.0.